The van der Waals surface area contributed by atoms with Crippen molar-refractivity contribution in [2.45, 2.75) is 26.4 Å². The first-order chi connectivity index (χ1) is 11.0. The number of hydrogen-bond donors (Lipinski definition) is 0. The lowest BCUT2D eigenvalue weighted by molar-refractivity contribution is -0.135. The maximum Gasteiger partial charge on any atom is 0.228 e. The van der Waals surface area contributed by atoms with Crippen molar-refractivity contribution in [2.24, 2.45) is 5.92 Å². The molecule has 2 amide bonds. The Bertz CT molecular complexity index is 692. The zero-order chi connectivity index (χ0) is 16.4. The van der Waals surface area contributed by atoms with Crippen LogP contribution in [0.2, 0.25) is 0 Å². The Kier molecular flexibility index (Phi) is 4.18. The van der Waals surface area contributed by atoms with Crippen molar-refractivity contribution in [1.29, 1.82) is 0 Å². The van der Waals surface area contributed by atoms with Gasteiger partial charge in [0.25, 0.3) is 0 Å². The molecule has 23 heavy (non-hydrogen) atoms. The third kappa shape index (κ3) is 3.44. The van der Waals surface area contributed by atoms with Crippen molar-refractivity contribution in [2.75, 3.05) is 13.6 Å². The fourth-order valence-electron chi connectivity index (χ4n) is 2.81. The summed E-state index contributed by atoms with van der Waals surface area (Å²) in [4.78, 5) is 27.9. The molecule has 7 nitrogen and oxygen atoms in total. The second kappa shape index (κ2) is 6.28. The van der Waals surface area contributed by atoms with Crippen molar-refractivity contribution in [3.63, 3.8) is 0 Å². The van der Waals surface area contributed by atoms with Gasteiger partial charge in [-0.1, -0.05) is 5.16 Å². The number of likely N-dealkylation sites (tertiary alicyclic amines) is 1. The molecule has 1 aliphatic heterocycles. The molecule has 1 aliphatic rings. The third-order valence-corrected chi connectivity index (χ3v) is 3.94. The zero-order valence-electron chi connectivity index (χ0n) is 13.2. The molecule has 3 rings (SSSR count). The Hall–Kier alpha value is -2.57. The van der Waals surface area contributed by atoms with E-state index in [4.69, 9.17) is 8.94 Å². The number of carbonyl (C=O) groups excluding carboxylic acids is 2. The highest BCUT2D eigenvalue weighted by molar-refractivity contribution is 5.89. The molecule has 0 radical (unpaired) electrons. The Morgan fingerprint density at radius 2 is 2.35 bits per heavy atom. The molecule has 7 heteroatoms. The number of furan rings is 1. The topological polar surface area (TPSA) is 79.8 Å². The summed E-state index contributed by atoms with van der Waals surface area (Å²) in [5, 5.41) is 3.89. The van der Waals surface area contributed by atoms with Gasteiger partial charge < -0.3 is 18.7 Å². The molecule has 3 heterocycles. The zero-order valence-corrected chi connectivity index (χ0v) is 13.2. The van der Waals surface area contributed by atoms with Crippen LogP contribution >= 0.6 is 0 Å². The van der Waals surface area contributed by atoms with E-state index in [-0.39, 0.29) is 24.2 Å². The minimum atomic E-state index is -0.324. The summed E-state index contributed by atoms with van der Waals surface area (Å²) in [6.07, 6.45) is 1.81. The minimum absolute atomic E-state index is 0.0227. The van der Waals surface area contributed by atoms with Gasteiger partial charge in [-0.3, -0.25) is 9.59 Å². The van der Waals surface area contributed by atoms with Gasteiger partial charge in [-0.2, -0.15) is 0 Å². The van der Waals surface area contributed by atoms with E-state index in [1.165, 1.54) is 0 Å². The Balaban J connectivity index is 1.58. The molecular formula is C16H19N3O4. The maximum atomic E-state index is 12.5. The van der Waals surface area contributed by atoms with E-state index >= 15 is 0 Å². The Morgan fingerprint density at radius 1 is 1.52 bits per heavy atom. The molecule has 0 saturated carbocycles. The van der Waals surface area contributed by atoms with Crippen LogP contribution in [-0.2, 0) is 22.7 Å². The molecular weight excluding hydrogens is 298 g/mol. The smallest absolute Gasteiger partial charge is 0.228 e. The second-order valence-electron chi connectivity index (χ2n) is 5.88. The first kappa shape index (κ1) is 15.3. The summed E-state index contributed by atoms with van der Waals surface area (Å²) in [6.45, 7) is 3.00. The number of carbonyl (C=O) groups is 2. The molecule has 0 N–H and O–H groups in total. The quantitative estimate of drug-likeness (QED) is 0.836. The number of amides is 2. The van der Waals surface area contributed by atoms with E-state index in [1.807, 2.05) is 6.07 Å². The summed E-state index contributed by atoms with van der Waals surface area (Å²) in [5.41, 5.74) is 0.704. The van der Waals surface area contributed by atoms with Crippen LogP contribution in [0.3, 0.4) is 0 Å². The molecule has 1 saturated heterocycles. The van der Waals surface area contributed by atoms with Crippen molar-refractivity contribution >= 4 is 11.8 Å². The molecule has 122 valence electrons. The van der Waals surface area contributed by atoms with Gasteiger partial charge in [-0.05, 0) is 19.1 Å². The van der Waals surface area contributed by atoms with Gasteiger partial charge in [0.2, 0.25) is 11.8 Å². The molecule has 0 aliphatic carbocycles. The molecule has 0 bridgehead atoms. The summed E-state index contributed by atoms with van der Waals surface area (Å²) >= 11 is 0. The fraction of sp³-hybridized carbons (Fsp3) is 0.438. The lowest BCUT2D eigenvalue weighted by Gasteiger charge is -2.20. The van der Waals surface area contributed by atoms with Crippen LogP contribution in [0.5, 0.6) is 0 Å². The average molecular weight is 317 g/mol. The monoisotopic (exact) mass is 317 g/mol. The van der Waals surface area contributed by atoms with Gasteiger partial charge >= 0.3 is 0 Å². The number of aryl methyl sites for hydroxylation is 1. The van der Waals surface area contributed by atoms with Crippen molar-refractivity contribution < 1.29 is 18.5 Å². The van der Waals surface area contributed by atoms with E-state index in [9.17, 15) is 9.59 Å². The third-order valence-electron chi connectivity index (χ3n) is 3.94. The van der Waals surface area contributed by atoms with Gasteiger partial charge in [-0.25, -0.2) is 0 Å². The summed E-state index contributed by atoms with van der Waals surface area (Å²) < 4.78 is 10.3. The molecule has 1 atom stereocenters. The van der Waals surface area contributed by atoms with Crippen molar-refractivity contribution in [3.8, 4) is 0 Å². The van der Waals surface area contributed by atoms with E-state index < -0.39 is 0 Å². The van der Waals surface area contributed by atoms with Crippen molar-refractivity contribution in [3.05, 3.63) is 41.7 Å². The lowest BCUT2D eigenvalue weighted by atomic mass is 10.1. The van der Waals surface area contributed by atoms with Crippen LogP contribution in [-0.4, -0.2) is 40.4 Å². The average Bonchev–Trinajstić information content (AvgIpc) is 3.23. The fourth-order valence-corrected chi connectivity index (χ4v) is 2.81. The Labute approximate surface area is 133 Å². The summed E-state index contributed by atoms with van der Waals surface area (Å²) in [7, 11) is 1.71. The summed E-state index contributed by atoms with van der Waals surface area (Å²) in [6, 6.07) is 5.40. The van der Waals surface area contributed by atoms with Crippen LogP contribution in [0.4, 0.5) is 0 Å². The first-order valence-corrected chi connectivity index (χ1v) is 7.50. The minimum Gasteiger partial charge on any atom is -0.467 e. The highest BCUT2D eigenvalue weighted by Gasteiger charge is 2.36. The van der Waals surface area contributed by atoms with Crippen LogP contribution in [0.15, 0.2) is 33.4 Å². The highest BCUT2D eigenvalue weighted by Crippen LogP contribution is 2.22. The maximum absolute atomic E-state index is 12.5. The highest BCUT2D eigenvalue weighted by atomic mass is 16.5. The van der Waals surface area contributed by atoms with E-state index in [0.29, 0.717) is 31.1 Å². The van der Waals surface area contributed by atoms with Gasteiger partial charge in [-0.15, -0.1) is 0 Å². The SMILES string of the molecule is Cc1cc(CN(C)C(=O)C2CC(=O)N(Cc3ccco3)C2)no1. The standard InChI is InChI=1S/C16H19N3O4/c1-11-6-13(17-23-11)9-18(2)16(21)12-7-15(20)19(8-12)10-14-4-3-5-22-14/h3-6,12H,7-10H2,1-2H3. The van der Waals surface area contributed by atoms with Gasteiger partial charge in [0.1, 0.15) is 17.2 Å². The van der Waals surface area contributed by atoms with Gasteiger partial charge in [0, 0.05) is 26.1 Å². The van der Waals surface area contributed by atoms with Crippen LogP contribution in [0.1, 0.15) is 23.6 Å². The molecule has 0 spiro atoms. The van der Waals surface area contributed by atoms with E-state index in [0.717, 1.165) is 5.76 Å². The number of hydrogen-bond acceptors (Lipinski definition) is 5. The Morgan fingerprint density at radius 3 is 3.00 bits per heavy atom. The van der Waals surface area contributed by atoms with Crippen LogP contribution in [0.25, 0.3) is 0 Å². The lowest BCUT2D eigenvalue weighted by Crippen LogP contribution is -2.34. The number of rotatable bonds is 5. The first-order valence-electron chi connectivity index (χ1n) is 7.50. The summed E-state index contributed by atoms with van der Waals surface area (Å²) in [5.74, 6) is 1.03. The van der Waals surface area contributed by atoms with Gasteiger partial charge in [0.15, 0.2) is 0 Å². The number of nitrogens with zero attached hydrogens (tertiary/aromatic N) is 3. The normalized spacial score (nSPS) is 17.7. The molecule has 2 aromatic heterocycles. The van der Waals surface area contributed by atoms with Gasteiger partial charge in [0.05, 0.1) is 25.3 Å². The van der Waals surface area contributed by atoms with Crippen LogP contribution < -0.4 is 0 Å². The van der Waals surface area contributed by atoms with E-state index in [2.05, 4.69) is 5.16 Å². The van der Waals surface area contributed by atoms with Crippen molar-refractivity contribution in [1.82, 2.24) is 15.0 Å². The number of aromatic nitrogens is 1. The predicted octanol–water partition coefficient (Wildman–Crippen LogP) is 1.58. The second-order valence-corrected chi connectivity index (χ2v) is 5.88. The molecule has 0 aromatic carbocycles. The molecule has 1 unspecified atom stereocenters. The predicted molar refractivity (Wildman–Crippen MR) is 79.9 cm³/mol. The largest absolute Gasteiger partial charge is 0.467 e. The molecule has 1 fully saturated rings. The van der Waals surface area contributed by atoms with Crippen LogP contribution in [0, 0.1) is 12.8 Å². The molecule has 2 aromatic rings. The van der Waals surface area contributed by atoms with E-state index in [1.54, 1.807) is 42.2 Å².